The van der Waals surface area contributed by atoms with Gasteiger partial charge >= 0.3 is 0 Å². The summed E-state index contributed by atoms with van der Waals surface area (Å²) in [6.45, 7) is 12.4. The second-order valence-electron chi connectivity index (χ2n) is 6.57. The molecule has 0 saturated heterocycles. The zero-order valence-corrected chi connectivity index (χ0v) is 12.0. The van der Waals surface area contributed by atoms with E-state index in [2.05, 4.69) is 46.6 Å². The van der Waals surface area contributed by atoms with Crippen molar-refractivity contribution in [2.24, 2.45) is 17.6 Å². The van der Waals surface area contributed by atoms with Crippen molar-refractivity contribution < 1.29 is 0 Å². The highest BCUT2D eigenvalue weighted by Gasteiger charge is 2.50. The fourth-order valence-corrected chi connectivity index (χ4v) is 2.84. The summed E-state index contributed by atoms with van der Waals surface area (Å²) in [4.78, 5) is 2.54. The van der Waals surface area contributed by atoms with Gasteiger partial charge in [0.2, 0.25) is 0 Å². The third-order valence-corrected chi connectivity index (χ3v) is 5.09. The van der Waals surface area contributed by atoms with Crippen LogP contribution in [0, 0.1) is 11.8 Å². The standard InChI is InChI=1S/C14H30N2/c1-7-13(4,5)16(6)14(10-15)8-12(9-14)11(2)3/h11-12H,7-10,15H2,1-6H3. The maximum atomic E-state index is 6.04. The van der Waals surface area contributed by atoms with Crippen LogP contribution in [0.15, 0.2) is 0 Å². The zero-order valence-electron chi connectivity index (χ0n) is 12.0. The summed E-state index contributed by atoms with van der Waals surface area (Å²) < 4.78 is 0. The van der Waals surface area contributed by atoms with Crippen LogP contribution in [0.5, 0.6) is 0 Å². The minimum absolute atomic E-state index is 0.265. The summed E-state index contributed by atoms with van der Waals surface area (Å²) in [6.07, 6.45) is 3.74. The number of hydrogen-bond donors (Lipinski definition) is 1. The van der Waals surface area contributed by atoms with E-state index >= 15 is 0 Å². The molecule has 0 bridgehead atoms. The molecule has 2 N–H and O–H groups in total. The van der Waals surface area contributed by atoms with Crippen LogP contribution in [0.1, 0.15) is 53.9 Å². The summed E-state index contributed by atoms with van der Waals surface area (Å²) in [5.41, 5.74) is 6.58. The molecule has 0 heterocycles. The quantitative estimate of drug-likeness (QED) is 0.781. The molecule has 2 heteroatoms. The number of rotatable bonds is 5. The van der Waals surface area contributed by atoms with Gasteiger partial charge in [0.1, 0.15) is 0 Å². The molecule has 1 saturated carbocycles. The van der Waals surface area contributed by atoms with E-state index in [9.17, 15) is 0 Å². The van der Waals surface area contributed by atoms with E-state index in [0.717, 1.165) is 18.4 Å². The number of nitrogens with zero attached hydrogens (tertiary/aromatic N) is 1. The molecular formula is C14H30N2. The third-order valence-electron chi connectivity index (χ3n) is 5.09. The second kappa shape index (κ2) is 4.66. The van der Waals surface area contributed by atoms with Crippen molar-refractivity contribution >= 4 is 0 Å². The van der Waals surface area contributed by atoms with Crippen LogP contribution in [0.2, 0.25) is 0 Å². The van der Waals surface area contributed by atoms with Crippen LogP contribution >= 0.6 is 0 Å². The monoisotopic (exact) mass is 226 g/mol. The normalized spacial score (nSPS) is 30.9. The van der Waals surface area contributed by atoms with Gasteiger partial charge in [-0.2, -0.15) is 0 Å². The van der Waals surface area contributed by atoms with Gasteiger partial charge in [0.15, 0.2) is 0 Å². The van der Waals surface area contributed by atoms with Crippen LogP contribution in [0.4, 0.5) is 0 Å². The fourth-order valence-electron chi connectivity index (χ4n) is 2.84. The lowest BCUT2D eigenvalue weighted by atomic mass is 9.62. The van der Waals surface area contributed by atoms with E-state index in [1.807, 2.05) is 0 Å². The lowest BCUT2D eigenvalue weighted by Gasteiger charge is -2.58. The van der Waals surface area contributed by atoms with E-state index in [1.165, 1.54) is 19.3 Å². The number of hydrogen-bond acceptors (Lipinski definition) is 2. The maximum absolute atomic E-state index is 6.04. The Kier molecular flexibility index (Phi) is 4.07. The van der Waals surface area contributed by atoms with Crippen molar-refractivity contribution in [3.8, 4) is 0 Å². The van der Waals surface area contributed by atoms with Gasteiger partial charge in [0.25, 0.3) is 0 Å². The lowest BCUT2D eigenvalue weighted by molar-refractivity contribution is -0.0710. The van der Waals surface area contributed by atoms with Gasteiger partial charge in [0.05, 0.1) is 0 Å². The molecular weight excluding hydrogens is 196 g/mol. The first kappa shape index (κ1) is 14.0. The van der Waals surface area contributed by atoms with Gasteiger partial charge in [-0.05, 0) is 52.0 Å². The average Bonchev–Trinajstić information content (AvgIpc) is 2.16. The maximum Gasteiger partial charge on any atom is 0.0339 e. The Morgan fingerprint density at radius 2 is 1.88 bits per heavy atom. The smallest absolute Gasteiger partial charge is 0.0339 e. The second-order valence-corrected chi connectivity index (χ2v) is 6.57. The molecule has 0 atom stereocenters. The van der Waals surface area contributed by atoms with E-state index in [1.54, 1.807) is 0 Å². The Morgan fingerprint density at radius 3 is 2.19 bits per heavy atom. The predicted molar refractivity (Wildman–Crippen MR) is 71.5 cm³/mol. The highest BCUT2D eigenvalue weighted by Crippen LogP contribution is 2.47. The molecule has 0 aromatic carbocycles. The van der Waals surface area contributed by atoms with Crippen LogP contribution in [-0.4, -0.2) is 29.6 Å². The van der Waals surface area contributed by atoms with Crippen LogP contribution in [0.25, 0.3) is 0 Å². The Balaban J connectivity index is 2.70. The molecule has 0 aromatic rings. The molecule has 2 nitrogen and oxygen atoms in total. The number of likely N-dealkylation sites (N-methyl/N-ethyl adjacent to an activating group) is 1. The van der Waals surface area contributed by atoms with Gasteiger partial charge < -0.3 is 5.73 Å². The van der Waals surface area contributed by atoms with Gasteiger partial charge in [0, 0.05) is 17.6 Å². The summed E-state index contributed by atoms with van der Waals surface area (Å²) in [6, 6.07) is 0. The molecule has 0 aromatic heterocycles. The predicted octanol–water partition coefficient (Wildman–Crippen LogP) is 2.87. The van der Waals surface area contributed by atoms with Gasteiger partial charge in [-0.1, -0.05) is 20.8 Å². The summed E-state index contributed by atoms with van der Waals surface area (Å²) in [5.74, 6) is 1.68. The van der Waals surface area contributed by atoms with Gasteiger partial charge in [-0.15, -0.1) is 0 Å². The topological polar surface area (TPSA) is 29.3 Å². The van der Waals surface area contributed by atoms with Crippen LogP contribution < -0.4 is 5.73 Å². The molecule has 1 fully saturated rings. The van der Waals surface area contributed by atoms with Crippen LogP contribution in [-0.2, 0) is 0 Å². The number of nitrogens with two attached hydrogens (primary N) is 1. The summed E-state index contributed by atoms with van der Waals surface area (Å²) in [5, 5.41) is 0. The van der Waals surface area contributed by atoms with E-state index < -0.39 is 0 Å². The van der Waals surface area contributed by atoms with E-state index in [4.69, 9.17) is 5.73 Å². The third kappa shape index (κ3) is 2.28. The van der Waals surface area contributed by atoms with Crippen molar-refractivity contribution in [1.82, 2.24) is 4.90 Å². The zero-order chi connectivity index (χ0) is 12.6. The first-order valence-corrected chi connectivity index (χ1v) is 6.73. The van der Waals surface area contributed by atoms with Crippen molar-refractivity contribution in [3.05, 3.63) is 0 Å². The first-order valence-electron chi connectivity index (χ1n) is 6.73. The molecule has 1 aliphatic rings. The molecule has 0 amide bonds. The molecule has 0 radical (unpaired) electrons. The van der Waals surface area contributed by atoms with E-state index in [-0.39, 0.29) is 11.1 Å². The Labute approximate surface area is 102 Å². The average molecular weight is 226 g/mol. The highest BCUT2D eigenvalue weighted by atomic mass is 15.3. The summed E-state index contributed by atoms with van der Waals surface area (Å²) >= 11 is 0. The molecule has 1 aliphatic carbocycles. The van der Waals surface area contributed by atoms with Crippen LogP contribution in [0.3, 0.4) is 0 Å². The molecule has 1 rings (SSSR count). The molecule has 0 spiro atoms. The Bertz CT molecular complexity index is 227. The fraction of sp³-hybridized carbons (Fsp3) is 1.00. The van der Waals surface area contributed by atoms with Gasteiger partial charge in [-0.25, -0.2) is 0 Å². The first-order chi connectivity index (χ1) is 7.29. The molecule has 96 valence electrons. The molecule has 16 heavy (non-hydrogen) atoms. The SMILES string of the molecule is CCC(C)(C)N(C)C1(CN)CC(C(C)C)C1. The van der Waals surface area contributed by atoms with Crippen molar-refractivity contribution in [2.45, 2.75) is 65.0 Å². The molecule has 0 unspecified atom stereocenters. The van der Waals surface area contributed by atoms with Gasteiger partial charge in [-0.3, -0.25) is 4.90 Å². The van der Waals surface area contributed by atoms with Crippen molar-refractivity contribution in [2.75, 3.05) is 13.6 Å². The Hall–Kier alpha value is -0.0800. The highest BCUT2D eigenvalue weighted by molar-refractivity contribution is 5.06. The van der Waals surface area contributed by atoms with Crippen molar-refractivity contribution in [1.29, 1.82) is 0 Å². The Morgan fingerprint density at radius 1 is 1.38 bits per heavy atom. The minimum atomic E-state index is 0.265. The van der Waals surface area contributed by atoms with E-state index in [0.29, 0.717) is 0 Å². The lowest BCUT2D eigenvalue weighted by Crippen LogP contribution is -2.66. The largest absolute Gasteiger partial charge is 0.329 e. The summed E-state index contributed by atoms with van der Waals surface area (Å²) in [7, 11) is 2.26. The molecule has 0 aliphatic heterocycles. The minimum Gasteiger partial charge on any atom is -0.329 e. The van der Waals surface area contributed by atoms with Crippen molar-refractivity contribution in [3.63, 3.8) is 0 Å².